The Balaban J connectivity index is 1.14. The van der Waals surface area contributed by atoms with Crippen LogP contribution in [-0.4, -0.2) is 58.6 Å². The zero-order valence-electron chi connectivity index (χ0n) is 22.8. The van der Waals surface area contributed by atoms with Crippen LogP contribution in [0.25, 0.3) is 10.8 Å². The molecule has 1 aliphatic heterocycles. The van der Waals surface area contributed by atoms with E-state index < -0.39 is 15.9 Å². The normalized spacial score (nSPS) is 20.8. The number of ether oxygens (including phenoxy) is 1. The second-order valence-corrected chi connectivity index (χ2v) is 13.4. The molecule has 1 N–H and O–H groups in total. The third-order valence-corrected chi connectivity index (χ3v) is 10.3. The summed E-state index contributed by atoms with van der Waals surface area (Å²) in [5.41, 5.74) is 0.921. The third-order valence-electron chi connectivity index (χ3n) is 8.12. The SMILES string of the molecule is CN(C)c1cccc2c(S(=O)(=O)NC(=O)[C@H]3CC[C@H](N4CCC(Oc5ccc(Cl)c(Cl)c5)CC4)CC3)cccc12. The maximum absolute atomic E-state index is 13.3. The van der Waals surface area contributed by atoms with E-state index in [0.717, 1.165) is 55.6 Å². The summed E-state index contributed by atoms with van der Waals surface area (Å²) >= 11 is 12.1. The Morgan fingerprint density at radius 3 is 2.25 bits per heavy atom. The molecule has 0 unspecified atom stereocenters. The second-order valence-electron chi connectivity index (χ2n) is 10.9. The number of amides is 1. The first-order chi connectivity index (χ1) is 19.1. The maximum atomic E-state index is 13.3. The highest BCUT2D eigenvalue weighted by molar-refractivity contribution is 7.90. The Hall–Kier alpha value is -2.52. The van der Waals surface area contributed by atoms with E-state index >= 15 is 0 Å². The van der Waals surface area contributed by atoms with E-state index in [1.807, 2.05) is 43.3 Å². The van der Waals surface area contributed by atoms with Gasteiger partial charge in [0.1, 0.15) is 11.9 Å². The van der Waals surface area contributed by atoms with E-state index in [1.165, 1.54) is 0 Å². The van der Waals surface area contributed by atoms with Crippen molar-refractivity contribution in [3.8, 4) is 5.75 Å². The number of hydrogen-bond acceptors (Lipinski definition) is 6. The van der Waals surface area contributed by atoms with Gasteiger partial charge in [0.25, 0.3) is 10.0 Å². The number of halogens is 2. The first kappa shape index (κ1) is 29.0. The summed E-state index contributed by atoms with van der Waals surface area (Å²) < 4.78 is 35.1. The fourth-order valence-electron chi connectivity index (χ4n) is 5.96. The molecule has 0 bridgehead atoms. The van der Waals surface area contributed by atoms with Crippen molar-refractivity contribution in [2.45, 2.75) is 55.6 Å². The minimum absolute atomic E-state index is 0.127. The lowest BCUT2D eigenvalue weighted by atomic mass is 9.84. The van der Waals surface area contributed by atoms with Gasteiger partial charge in [-0.1, -0.05) is 47.5 Å². The number of likely N-dealkylation sites (tertiary alicyclic amines) is 1. The van der Waals surface area contributed by atoms with Gasteiger partial charge < -0.3 is 14.5 Å². The molecule has 7 nitrogen and oxygen atoms in total. The van der Waals surface area contributed by atoms with Crippen LogP contribution in [0.5, 0.6) is 5.75 Å². The van der Waals surface area contributed by atoms with Gasteiger partial charge in [0.15, 0.2) is 0 Å². The van der Waals surface area contributed by atoms with Crippen LogP contribution in [0.4, 0.5) is 5.69 Å². The lowest BCUT2D eigenvalue weighted by Crippen LogP contribution is -2.46. The molecule has 0 radical (unpaired) electrons. The first-order valence-corrected chi connectivity index (χ1v) is 16.0. The van der Waals surface area contributed by atoms with Crippen LogP contribution in [0.2, 0.25) is 10.0 Å². The van der Waals surface area contributed by atoms with Crippen molar-refractivity contribution in [1.29, 1.82) is 0 Å². The third kappa shape index (κ3) is 6.35. The summed E-state index contributed by atoms with van der Waals surface area (Å²) in [5, 5.41) is 2.43. The quantitative estimate of drug-likeness (QED) is 0.350. The molecule has 1 heterocycles. The van der Waals surface area contributed by atoms with Crippen LogP contribution in [0.3, 0.4) is 0 Å². The number of carbonyl (C=O) groups is 1. The molecule has 0 aromatic heterocycles. The van der Waals surface area contributed by atoms with Gasteiger partial charge in [0.05, 0.1) is 14.9 Å². The van der Waals surface area contributed by atoms with Crippen molar-refractivity contribution in [3.63, 3.8) is 0 Å². The topological polar surface area (TPSA) is 79.0 Å². The van der Waals surface area contributed by atoms with E-state index in [1.54, 1.807) is 30.3 Å². The zero-order valence-corrected chi connectivity index (χ0v) is 25.1. The lowest BCUT2D eigenvalue weighted by molar-refractivity contribution is -0.124. The van der Waals surface area contributed by atoms with Gasteiger partial charge in [0, 0.05) is 61.7 Å². The van der Waals surface area contributed by atoms with Gasteiger partial charge in [-0.25, -0.2) is 13.1 Å². The van der Waals surface area contributed by atoms with Crippen LogP contribution in [0.1, 0.15) is 38.5 Å². The van der Waals surface area contributed by atoms with Gasteiger partial charge in [-0.05, 0) is 62.8 Å². The van der Waals surface area contributed by atoms with E-state index in [-0.39, 0.29) is 16.9 Å². The predicted molar refractivity (Wildman–Crippen MR) is 161 cm³/mol. The van der Waals surface area contributed by atoms with Crippen LogP contribution < -0.4 is 14.4 Å². The smallest absolute Gasteiger partial charge is 0.264 e. The van der Waals surface area contributed by atoms with Gasteiger partial charge in [0.2, 0.25) is 5.91 Å². The summed E-state index contributed by atoms with van der Waals surface area (Å²) in [6, 6.07) is 16.5. The van der Waals surface area contributed by atoms with Crippen molar-refractivity contribution in [2.24, 2.45) is 5.92 Å². The average Bonchev–Trinajstić information content (AvgIpc) is 2.94. The number of sulfonamides is 1. The molecule has 5 rings (SSSR count). The van der Waals surface area contributed by atoms with E-state index in [9.17, 15) is 13.2 Å². The molecule has 3 aromatic rings. The predicted octanol–water partition coefficient (Wildman–Crippen LogP) is 6.12. The number of piperidine rings is 1. The number of rotatable bonds is 7. The number of anilines is 1. The highest BCUT2D eigenvalue weighted by atomic mass is 35.5. The van der Waals surface area contributed by atoms with Crippen LogP contribution >= 0.6 is 23.2 Å². The maximum Gasteiger partial charge on any atom is 0.264 e. The van der Waals surface area contributed by atoms with Crippen LogP contribution in [0, 0.1) is 5.92 Å². The van der Waals surface area contributed by atoms with Crippen molar-refractivity contribution in [3.05, 3.63) is 64.6 Å². The number of fused-ring (bicyclic) bond motifs is 1. The molecule has 1 aliphatic carbocycles. The molecule has 0 spiro atoms. The fraction of sp³-hybridized carbons (Fsp3) is 0.433. The molecule has 2 aliphatic rings. The number of carbonyl (C=O) groups excluding carboxylic acids is 1. The summed E-state index contributed by atoms with van der Waals surface area (Å²) in [6.45, 7) is 1.86. The van der Waals surface area contributed by atoms with Crippen molar-refractivity contribution < 1.29 is 17.9 Å². The van der Waals surface area contributed by atoms with Gasteiger partial charge in [-0.15, -0.1) is 0 Å². The molecule has 2 fully saturated rings. The Morgan fingerprint density at radius 1 is 0.900 bits per heavy atom. The lowest BCUT2D eigenvalue weighted by Gasteiger charge is -2.40. The standard InChI is InChI=1S/C30H35Cl2N3O4S/c1-34(2)28-7-3-6-25-24(28)5-4-8-29(25)40(37,38)33-30(36)20-9-11-21(12-10-20)35-17-15-22(16-18-35)39-23-13-14-26(31)27(32)19-23/h3-8,13-14,19-22H,9-12,15-18H2,1-2H3,(H,33,36)/t20-,21-. The van der Waals surface area contributed by atoms with Crippen molar-refractivity contribution in [1.82, 2.24) is 9.62 Å². The minimum atomic E-state index is -4.01. The molecular weight excluding hydrogens is 569 g/mol. The van der Waals surface area contributed by atoms with Crippen molar-refractivity contribution in [2.75, 3.05) is 32.1 Å². The summed E-state index contributed by atoms with van der Waals surface area (Å²) in [5.74, 6) is 0.0118. The molecule has 1 saturated heterocycles. The summed E-state index contributed by atoms with van der Waals surface area (Å²) in [6.07, 6.45) is 5.05. The van der Waals surface area contributed by atoms with Crippen LogP contribution in [-0.2, 0) is 14.8 Å². The van der Waals surface area contributed by atoms with E-state index in [0.29, 0.717) is 34.3 Å². The van der Waals surface area contributed by atoms with E-state index in [2.05, 4.69) is 9.62 Å². The highest BCUT2D eigenvalue weighted by Crippen LogP contribution is 2.33. The fourth-order valence-corrected chi connectivity index (χ4v) is 7.52. The monoisotopic (exact) mass is 603 g/mol. The minimum Gasteiger partial charge on any atom is -0.490 e. The molecule has 214 valence electrons. The van der Waals surface area contributed by atoms with Crippen molar-refractivity contribution >= 4 is 55.6 Å². The molecule has 1 saturated carbocycles. The first-order valence-electron chi connectivity index (χ1n) is 13.7. The summed E-state index contributed by atoms with van der Waals surface area (Å²) in [7, 11) is -0.170. The number of benzene rings is 3. The zero-order chi connectivity index (χ0) is 28.4. The van der Waals surface area contributed by atoms with Gasteiger partial charge in [-0.3, -0.25) is 4.79 Å². The van der Waals surface area contributed by atoms with E-state index in [4.69, 9.17) is 27.9 Å². The van der Waals surface area contributed by atoms with Crippen LogP contribution in [0.15, 0.2) is 59.5 Å². The molecular formula is C30H35Cl2N3O4S. The molecule has 0 atom stereocenters. The Kier molecular flexibility index (Phi) is 8.80. The number of nitrogens with zero attached hydrogens (tertiary/aromatic N) is 2. The second kappa shape index (κ2) is 12.1. The summed E-state index contributed by atoms with van der Waals surface area (Å²) in [4.78, 5) is 17.7. The van der Waals surface area contributed by atoms with Gasteiger partial charge >= 0.3 is 0 Å². The van der Waals surface area contributed by atoms with Gasteiger partial charge in [-0.2, -0.15) is 0 Å². The Labute approximate surface area is 246 Å². The molecule has 10 heteroatoms. The number of nitrogens with one attached hydrogen (secondary N) is 1. The Morgan fingerprint density at radius 2 is 1.57 bits per heavy atom. The Bertz CT molecular complexity index is 1480. The molecule has 1 amide bonds. The number of hydrogen-bond donors (Lipinski definition) is 1. The average molecular weight is 605 g/mol. The highest BCUT2D eigenvalue weighted by Gasteiger charge is 2.33. The largest absolute Gasteiger partial charge is 0.490 e. The molecule has 3 aromatic carbocycles. The molecule has 40 heavy (non-hydrogen) atoms.